The van der Waals surface area contributed by atoms with Gasteiger partial charge in [-0.3, -0.25) is 4.79 Å². The average Bonchev–Trinajstić information content (AvgIpc) is 2.88. The van der Waals surface area contributed by atoms with Gasteiger partial charge in [-0.05, 0) is 30.5 Å². The Balaban J connectivity index is 1.76. The molecule has 1 heterocycles. The minimum atomic E-state index is -0.419. The molecule has 5 heteroatoms. The van der Waals surface area contributed by atoms with Crippen molar-refractivity contribution >= 4 is 17.5 Å². The Bertz CT molecular complexity index is 605. The number of nitrogens with one attached hydrogen (secondary N) is 2. The lowest BCUT2D eigenvalue weighted by Gasteiger charge is -2.40. The number of aromatic nitrogens is 2. The van der Waals surface area contributed by atoms with Crippen LogP contribution < -0.4 is 5.32 Å². The van der Waals surface area contributed by atoms with E-state index in [1.165, 1.54) is 0 Å². The lowest BCUT2D eigenvalue weighted by atomic mass is 9.64. The van der Waals surface area contributed by atoms with Crippen molar-refractivity contribution < 1.29 is 4.79 Å². The molecule has 20 heavy (non-hydrogen) atoms. The summed E-state index contributed by atoms with van der Waals surface area (Å²) in [5, 5.41) is 3.64. The fraction of sp³-hybridized carbons (Fsp3) is 0.333. The lowest BCUT2D eigenvalue weighted by molar-refractivity contribution is -0.130. The van der Waals surface area contributed by atoms with Gasteiger partial charge in [-0.15, -0.1) is 0 Å². The molecule has 0 unspecified atom stereocenters. The smallest absolute Gasteiger partial charge is 0.231 e. The van der Waals surface area contributed by atoms with Gasteiger partial charge in [-0.25, -0.2) is 4.98 Å². The Morgan fingerprint density at radius 2 is 2.30 bits per heavy atom. The molecule has 0 bridgehead atoms. The maximum absolute atomic E-state index is 12.6. The zero-order valence-corrected chi connectivity index (χ0v) is 11.8. The van der Waals surface area contributed by atoms with Crippen LogP contribution in [0.15, 0.2) is 36.7 Å². The van der Waals surface area contributed by atoms with Gasteiger partial charge >= 0.3 is 0 Å². The molecule has 1 saturated carbocycles. The van der Waals surface area contributed by atoms with Gasteiger partial charge in [0.15, 0.2) is 0 Å². The SMILES string of the molecule is O=C(NCc1ncc[nH]1)C1(c2cccc(Cl)c2)CCC1. The Hall–Kier alpha value is -1.81. The van der Waals surface area contributed by atoms with Gasteiger partial charge in [0.05, 0.1) is 12.0 Å². The first-order chi connectivity index (χ1) is 9.71. The number of carbonyl (C=O) groups excluding carboxylic acids is 1. The standard InChI is InChI=1S/C15H16ClN3O/c16-12-4-1-3-11(9-12)15(5-2-6-15)14(20)19-10-13-17-7-8-18-13/h1,3-4,7-9H,2,5-6,10H2,(H,17,18)(H,19,20). The van der Waals surface area contributed by atoms with Gasteiger partial charge in [0, 0.05) is 17.4 Å². The second kappa shape index (κ2) is 5.29. The summed E-state index contributed by atoms with van der Waals surface area (Å²) in [5.74, 6) is 0.821. The molecule has 0 aliphatic heterocycles. The number of aromatic amines is 1. The van der Waals surface area contributed by atoms with Gasteiger partial charge < -0.3 is 10.3 Å². The van der Waals surface area contributed by atoms with Crippen molar-refractivity contribution in [2.45, 2.75) is 31.2 Å². The quantitative estimate of drug-likeness (QED) is 0.909. The van der Waals surface area contributed by atoms with Gasteiger partial charge in [-0.2, -0.15) is 0 Å². The van der Waals surface area contributed by atoms with Crippen molar-refractivity contribution in [2.24, 2.45) is 0 Å². The van der Waals surface area contributed by atoms with E-state index in [0.717, 1.165) is 30.7 Å². The summed E-state index contributed by atoms with van der Waals surface area (Å²) in [4.78, 5) is 19.6. The minimum Gasteiger partial charge on any atom is -0.348 e. The van der Waals surface area contributed by atoms with E-state index in [0.29, 0.717) is 11.6 Å². The maximum atomic E-state index is 12.6. The monoisotopic (exact) mass is 289 g/mol. The number of nitrogens with zero attached hydrogens (tertiary/aromatic N) is 1. The van der Waals surface area contributed by atoms with Crippen LogP contribution in [-0.2, 0) is 16.8 Å². The van der Waals surface area contributed by atoms with Crippen LogP contribution in [0.5, 0.6) is 0 Å². The van der Waals surface area contributed by atoms with Crippen LogP contribution in [0.4, 0.5) is 0 Å². The van der Waals surface area contributed by atoms with Crippen LogP contribution in [0, 0.1) is 0 Å². The van der Waals surface area contributed by atoms with Crippen LogP contribution in [0.1, 0.15) is 30.7 Å². The maximum Gasteiger partial charge on any atom is 0.231 e. The molecule has 1 aliphatic carbocycles. The van der Waals surface area contributed by atoms with Crippen LogP contribution in [0.25, 0.3) is 0 Å². The number of H-pyrrole nitrogens is 1. The second-order valence-electron chi connectivity index (χ2n) is 5.16. The Kier molecular flexibility index (Phi) is 3.49. The highest BCUT2D eigenvalue weighted by atomic mass is 35.5. The molecule has 1 amide bonds. The van der Waals surface area contributed by atoms with Crippen LogP contribution in [0.3, 0.4) is 0 Å². The van der Waals surface area contributed by atoms with Crippen LogP contribution >= 0.6 is 11.6 Å². The Morgan fingerprint density at radius 3 is 2.90 bits per heavy atom. The van der Waals surface area contributed by atoms with Crippen molar-refractivity contribution in [3.8, 4) is 0 Å². The van der Waals surface area contributed by atoms with E-state index in [1.54, 1.807) is 12.4 Å². The lowest BCUT2D eigenvalue weighted by Crippen LogP contribution is -2.49. The summed E-state index contributed by atoms with van der Waals surface area (Å²) in [6, 6.07) is 7.61. The molecule has 0 spiro atoms. The third-order valence-electron chi connectivity index (χ3n) is 3.99. The molecule has 2 N–H and O–H groups in total. The van der Waals surface area contributed by atoms with Gasteiger partial charge in [-0.1, -0.05) is 30.2 Å². The van der Waals surface area contributed by atoms with E-state index in [-0.39, 0.29) is 5.91 Å². The fourth-order valence-corrected chi connectivity index (χ4v) is 2.88. The third-order valence-corrected chi connectivity index (χ3v) is 4.23. The summed E-state index contributed by atoms with van der Waals surface area (Å²) < 4.78 is 0. The molecule has 4 nitrogen and oxygen atoms in total. The number of halogens is 1. The minimum absolute atomic E-state index is 0.0578. The van der Waals surface area contributed by atoms with E-state index in [4.69, 9.17) is 11.6 Å². The van der Waals surface area contributed by atoms with E-state index >= 15 is 0 Å². The van der Waals surface area contributed by atoms with E-state index < -0.39 is 5.41 Å². The molecule has 0 atom stereocenters. The van der Waals surface area contributed by atoms with E-state index in [9.17, 15) is 4.79 Å². The summed E-state index contributed by atoms with van der Waals surface area (Å²) in [6.07, 6.45) is 6.24. The topological polar surface area (TPSA) is 57.8 Å². The summed E-state index contributed by atoms with van der Waals surface area (Å²) in [7, 11) is 0. The second-order valence-corrected chi connectivity index (χ2v) is 5.60. The number of hydrogen-bond acceptors (Lipinski definition) is 2. The zero-order valence-electron chi connectivity index (χ0n) is 11.0. The fourth-order valence-electron chi connectivity index (χ4n) is 2.69. The highest BCUT2D eigenvalue weighted by molar-refractivity contribution is 6.30. The normalized spacial score (nSPS) is 16.4. The van der Waals surface area contributed by atoms with Crippen molar-refractivity contribution in [2.75, 3.05) is 0 Å². The van der Waals surface area contributed by atoms with Gasteiger partial charge in [0.2, 0.25) is 5.91 Å². The number of rotatable bonds is 4. The molecule has 2 aromatic rings. The van der Waals surface area contributed by atoms with Crippen molar-refractivity contribution in [3.05, 3.63) is 53.1 Å². The Labute approximate surface area is 122 Å². The number of imidazole rings is 1. The number of benzene rings is 1. The Morgan fingerprint density at radius 1 is 1.45 bits per heavy atom. The summed E-state index contributed by atoms with van der Waals surface area (Å²) >= 11 is 6.05. The average molecular weight is 290 g/mol. The highest BCUT2D eigenvalue weighted by Crippen LogP contribution is 2.44. The molecule has 1 aromatic heterocycles. The first-order valence-electron chi connectivity index (χ1n) is 6.73. The first-order valence-corrected chi connectivity index (χ1v) is 7.11. The predicted octanol–water partition coefficient (Wildman–Crippen LogP) is 2.80. The predicted molar refractivity (Wildman–Crippen MR) is 77.4 cm³/mol. The summed E-state index contributed by atoms with van der Waals surface area (Å²) in [6.45, 7) is 0.425. The van der Waals surface area contributed by atoms with Crippen LogP contribution in [-0.4, -0.2) is 15.9 Å². The first kappa shape index (κ1) is 13.2. The molecule has 0 radical (unpaired) electrons. The molecule has 104 valence electrons. The van der Waals surface area contributed by atoms with Crippen molar-refractivity contribution in [1.82, 2.24) is 15.3 Å². The molecule has 3 rings (SSSR count). The van der Waals surface area contributed by atoms with Gasteiger partial charge in [0.25, 0.3) is 0 Å². The zero-order chi connectivity index (χ0) is 14.0. The molecule has 1 aromatic carbocycles. The van der Waals surface area contributed by atoms with E-state index in [2.05, 4.69) is 15.3 Å². The number of amides is 1. The number of carbonyl (C=O) groups is 1. The van der Waals surface area contributed by atoms with Crippen LogP contribution in [0.2, 0.25) is 5.02 Å². The van der Waals surface area contributed by atoms with Gasteiger partial charge in [0.1, 0.15) is 5.82 Å². The number of hydrogen-bond donors (Lipinski definition) is 2. The van der Waals surface area contributed by atoms with Crippen molar-refractivity contribution in [3.63, 3.8) is 0 Å². The largest absolute Gasteiger partial charge is 0.348 e. The molecule has 0 saturated heterocycles. The van der Waals surface area contributed by atoms with E-state index in [1.807, 2.05) is 24.3 Å². The molecular weight excluding hydrogens is 274 g/mol. The molecule has 1 aliphatic rings. The highest BCUT2D eigenvalue weighted by Gasteiger charge is 2.45. The van der Waals surface area contributed by atoms with Crippen molar-refractivity contribution in [1.29, 1.82) is 0 Å². The molecule has 1 fully saturated rings. The molecular formula is C15H16ClN3O. The summed E-state index contributed by atoms with van der Waals surface area (Å²) in [5.41, 5.74) is 0.588. The third kappa shape index (κ3) is 2.31.